The Balaban J connectivity index is 1.42. The lowest BCUT2D eigenvalue weighted by Gasteiger charge is -2.26. The summed E-state index contributed by atoms with van der Waals surface area (Å²) in [6, 6.07) is 15.2. The van der Waals surface area contributed by atoms with Crippen molar-refractivity contribution in [3.8, 4) is 5.75 Å². The fourth-order valence-corrected chi connectivity index (χ4v) is 3.62. The van der Waals surface area contributed by atoms with Crippen LogP contribution in [0.4, 0.5) is 10.8 Å². The summed E-state index contributed by atoms with van der Waals surface area (Å²) in [5.41, 5.74) is 2.23. The van der Waals surface area contributed by atoms with Gasteiger partial charge in [0, 0.05) is 19.0 Å². The Bertz CT molecular complexity index is 1020. The van der Waals surface area contributed by atoms with Crippen LogP contribution >= 0.6 is 11.3 Å². The highest BCUT2D eigenvalue weighted by Crippen LogP contribution is 2.32. The van der Waals surface area contributed by atoms with Crippen molar-refractivity contribution in [2.75, 3.05) is 23.9 Å². The van der Waals surface area contributed by atoms with Crippen LogP contribution in [0.5, 0.6) is 5.75 Å². The molecular weight excluding hydrogens is 376 g/mol. The van der Waals surface area contributed by atoms with Gasteiger partial charge in [-0.25, -0.2) is 0 Å². The van der Waals surface area contributed by atoms with Crippen molar-refractivity contribution < 1.29 is 14.3 Å². The molecule has 0 fully saturated rings. The van der Waals surface area contributed by atoms with Gasteiger partial charge in [-0.15, -0.1) is 10.2 Å². The number of amides is 2. The number of nitrogens with zero attached hydrogens (tertiary/aromatic N) is 3. The molecular formula is C20H18N4O3S. The molecule has 0 saturated carbocycles. The van der Waals surface area contributed by atoms with Crippen molar-refractivity contribution in [3.63, 3.8) is 0 Å². The van der Waals surface area contributed by atoms with Crippen LogP contribution in [0.15, 0.2) is 48.5 Å². The Kier molecular flexibility index (Phi) is 5.03. The molecule has 0 aliphatic carbocycles. The van der Waals surface area contributed by atoms with Crippen molar-refractivity contribution in [3.05, 3.63) is 64.7 Å². The van der Waals surface area contributed by atoms with Gasteiger partial charge >= 0.3 is 0 Å². The highest BCUT2D eigenvalue weighted by molar-refractivity contribution is 7.15. The molecule has 2 aromatic carbocycles. The van der Waals surface area contributed by atoms with Crippen LogP contribution in [0.1, 0.15) is 20.9 Å². The molecule has 3 aromatic rings. The van der Waals surface area contributed by atoms with Crippen LogP contribution in [0, 0.1) is 0 Å². The molecule has 0 radical (unpaired) electrons. The molecule has 2 heterocycles. The average Bonchev–Trinajstić information content (AvgIpc) is 3.17. The lowest BCUT2D eigenvalue weighted by atomic mass is 10.1. The number of hydrogen-bond acceptors (Lipinski definition) is 6. The van der Waals surface area contributed by atoms with E-state index in [1.807, 2.05) is 18.2 Å². The Labute approximate surface area is 166 Å². The quantitative estimate of drug-likeness (QED) is 0.719. The van der Waals surface area contributed by atoms with Crippen LogP contribution in [-0.2, 0) is 17.6 Å². The summed E-state index contributed by atoms with van der Waals surface area (Å²) < 4.78 is 5.38. The summed E-state index contributed by atoms with van der Waals surface area (Å²) in [6.45, 7) is 0.00554. The molecule has 1 aromatic heterocycles. The van der Waals surface area contributed by atoms with E-state index in [1.165, 1.54) is 21.8 Å². The molecule has 0 bridgehead atoms. The van der Waals surface area contributed by atoms with Crippen molar-refractivity contribution >= 4 is 34.0 Å². The highest BCUT2D eigenvalue weighted by Gasteiger charge is 2.23. The number of likely N-dealkylation sites (N-methyl/N-ethyl adjacent to an activating group) is 1. The third kappa shape index (κ3) is 3.86. The fourth-order valence-electron chi connectivity index (χ4n) is 2.88. The minimum absolute atomic E-state index is 0.00554. The molecule has 0 saturated heterocycles. The summed E-state index contributed by atoms with van der Waals surface area (Å²) in [4.78, 5) is 25.8. The van der Waals surface area contributed by atoms with Crippen molar-refractivity contribution in [1.82, 2.24) is 10.2 Å². The number of benzene rings is 2. The number of anilines is 2. The number of ether oxygens (including phenoxy) is 1. The molecule has 7 nitrogen and oxygen atoms in total. The summed E-state index contributed by atoms with van der Waals surface area (Å²) in [5, 5.41) is 12.3. The largest absolute Gasteiger partial charge is 0.482 e. The van der Waals surface area contributed by atoms with Gasteiger partial charge in [-0.3, -0.25) is 14.9 Å². The lowest BCUT2D eigenvalue weighted by Crippen LogP contribution is -2.35. The predicted octanol–water partition coefficient (Wildman–Crippen LogP) is 2.93. The number of aromatic nitrogens is 2. The molecule has 1 N–H and O–H groups in total. The molecule has 28 heavy (non-hydrogen) atoms. The predicted molar refractivity (Wildman–Crippen MR) is 107 cm³/mol. The normalized spacial score (nSPS) is 13.0. The molecule has 1 aliphatic rings. The van der Waals surface area contributed by atoms with E-state index in [4.69, 9.17) is 4.74 Å². The smallest absolute Gasteiger partial charge is 0.264 e. The zero-order chi connectivity index (χ0) is 19.5. The molecule has 4 rings (SSSR count). The monoisotopic (exact) mass is 394 g/mol. The Hall–Kier alpha value is -3.26. The number of rotatable bonds is 5. The van der Waals surface area contributed by atoms with Crippen molar-refractivity contribution in [2.24, 2.45) is 0 Å². The summed E-state index contributed by atoms with van der Waals surface area (Å²) >= 11 is 1.36. The maximum Gasteiger partial charge on any atom is 0.264 e. The van der Waals surface area contributed by atoms with Gasteiger partial charge in [-0.05, 0) is 30.2 Å². The van der Waals surface area contributed by atoms with Crippen LogP contribution in [0.25, 0.3) is 0 Å². The molecule has 142 valence electrons. The second kappa shape index (κ2) is 7.77. The summed E-state index contributed by atoms with van der Waals surface area (Å²) in [5.74, 6) is 0.120. The van der Waals surface area contributed by atoms with Crippen LogP contribution < -0.4 is 15.0 Å². The SMILES string of the molecule is CN1C(=O)COc2ccc(C(=O)Nc3nnc(CCc4ccccc4)s3)cc21. The summed E-state index contributed by atoms with van der Waals surface area (Å²) in [6.07, 6.45) is 1.63. The minimum atomic E-state index is -0.306. The Morgan fingerprint density at radius 1 is 1.18 bits per heavy atom. The van der Waals surface area contributed by atoms with Gasteiger partial charge in [0.1, 0.15) is 10.8 Å². The molecule has 0 atom stereocenters. The van der Waals surface area contributed by atoms with Crippen LogP contribution in [0.3, 0.4) is 0 Å². The van der Waals surface area contributed by atoms with Crippen molar-refractivity contribution in [2.45, 2.75) is 12.8 Å². The van der Waals surface area contributed by atoms with E-state index in [2.05, 4.69) is 27.6 Å². The first kappa shape index (κ1) is 18.1. The standard InChI is InChI=1S/C20H18N4O3S/c1-24-15-11-14(8-9-16(15)27-12-18(24)25)19(26)21-20-23-22-17(28-20)10-7-13-5-3-2-4-6-13/h2-6,8-9,11H,7,10,12H2,1H3,(H,21,23,26). The van der Waals surface area contributed by atoms with Crippen LogP contribution in [-0.4, -0.2) is 35.7 Å². The van der Waals surface area contributed by atoms with Gasteiger partial charge in [0.05, 0.1) is 5.69 Å². The number of nitrogens with one attached hydrogen (secondary N) is 1. The topological polar surface area (TPSA) is 84.4 Å². The average molecular weight is 394 g/mol. The fraction of sp³-hybridized carbons (Fsp3) is 0.200. The number of hydrogen-bond donors (Lipinski definition) is 1. The Morgan fingerprint density at radius 3 is 2.82 bits per heavy atom. The van der Waals surface area contributed by atoms with E-state index >= 15 is 0 Å². The number of aryl methyl sites for hydroxylation is 2. The molecule has 0 spiro atoms. The molecule has 2 amide bonds. The lowest BCUT2D eigenvalue weighted by molar-refractivity contribution is -0.120. The van der Waals surface area contributed by atoms with Gasteiger partial charge in [-0.2, -0.15) is 0 Å². The van der Waals surface area contributed by atoms with E-state index in [0.29, 0.717) is 22.1 Å². The second-order valence-electron chi connectivity index (χ2n) is 6.36. The third-order valence-electron chi connectivity index (χ3n) is 4.47. The third-order valence-corrected chi connectivity index (χ3v) is 5.36. The van der Waals surface area contributed by atoms with Gasteiger partial charge in [0.2, 0.25) is 5.13 Å². The maximum atomic E-state index is 12.6. The number of fused-ring (bicyclic) bond motifs is 1. The second-order valence-corrected chi connectivity index (χ2v) is 7.43. The number of carbonyl (C=O) groups is 2. The van der Waals surface area contributed by atoms with E-state index in [-0.39, 0.29) is 18.4 Å². The zero-order valence-corrected chi connectivity index (χ0v) is 16.0. The van der Waals surface area contributed by atoms with E-state index in [1.54, 1.807) is 25.2 Å². The van der Waals surface area contributed by atoms with Gasteiger partial charge in [0.15, 0.2) is 6.61 Å². The van der Waals surface area contributed by atoms with Crippen molar-refractivity contribution in [1.29, 1.82) is 0 Å². The molecule has 8 heteroatoms. The number of carbonyl (C=O) groups excluding carboxylic acids is 2. The maximum absolute atomic E-state index is 12.6. The Morgan fingerprint density at radius 2 is 2.00 bits per heavy atom. The zero-order valence-electron chi connectivity index (χ0n) is 15.2. The first-order chi connectivity index (χ1) is 13.6. The van der Waals surface area contributed by atoms with E-state index < -0.39 is 0 Å². The van der Waals surface area contributed by atoms with Gasteiger partial charge in [0.25, 0.3) is 11.8 Å². The van der Waals surface area contributed by atoms with E-state index in [0.717, 1.165) is 17.8 Å². The van der Waals surface area contributed by atoms with Crippen LogP contribution in [0.2, 0.25) is 0 Å². The van der Waals surface area contributed by atoms with Gasteiger partial charge < -0.3 is 9.64 Å². The minimum Gasteiger partial charge on any atom is -0.482 e. The summed E-state index contributed by atoms with van der Waals surface area (Å²) in [7, 11) is 1.66. The van der Waals surface area contributed by atoms with E-state index in [9.17, 15) is 9.59 Å². The molecule has 1 aliphatic heterocycles. The molecule has 0 unspecified atom stereocenters. The first-order valence-electron chi connectivity index (χ1n) is 8.81. The highest BCUT2D eigenvalue weighted by atomic mass is 32.1. The first-order valence-corrected chi connectivity index (χ1v) is 9.63. The van der Waals surface area contributed by atoms with Gasteiger partial charge in [-0.1, -0.05) is 41.7 Å².